The van der Waals surface area contributed by atoms with Crippen LogP contribution in [-0.2, 0) is 14.3 Å². The van der Waals surface area contributed by atoms with Gasteiger partial charge in [-0.2, -0.15) is 0 Å². The second-order valence-corrected chi connectivity index (χ2v) is 5.59. The first-order valence-electron chi connectivity index (χ1n) is 6.28. The van der Waals surface area contributed by atoms with Gasteiger partial charge in [0, 0.05) is 11.8 Å². The fourth-order valence-corrected chi connectivity index (χ4v) is 3.47. The van der Waals surface area contributed by atoms with E-state index in [0.29, 0.717) is 6.42 Å². The first-order chi connectivity index (χ1) is 7.95. The molecular formula is C14H20O3. The first-order valence-corrected chi connectivity index (χ1v) is 6.28. The van der Waals surface area contributed by atoms with Gasteiger partial charge in [-0.25, -0.2) is 0 Å². The van der Waals surface area contributed by atoms with Gasteiger partial charge >= 0.3 is 5.97 Å². The van der Waals surface area contributed by atoms with Gasteiger partial charge in [-0.1, -0.05) is 12.5 Å². The summed E-state index contributed by atoms with van der Waals surface area (Å²) in [5.41, 5.74) is -0.0311. The van der Waals surface area contributed by atoms with Crippen LogP contribution in [0.2, 0.25) is 0 Å². The lowest BCUT2D eigenvalue weighted by Gasteiger charge is -2.46. The highest BCUT2D eigenvalue weighted by Gasteiger charge is 2.52. The van der Waals surface area contributed by atoms with Gasteiger partial charge in [0.1, 0.15) is 5.78 Å². The molecule has 2 rings (SSSR count). The van der Waals surface area contributed by atoms with Crippen molar-refractivity contribution < 1.29 is 14.3 Å². The third kappa shape index (κ3) is 1.63. The standard InChI is InChI=1S/C14H20O3/c1-13-8-5-9-14(2,12(16)17-3)10(13)6-4-7-11(13)15/h6H,4-5,7-9H2,1-3H3/t13-,14-/m1/s1. The van der Waals surface area contributed by atoms with E-state index >= 15 is 0 Å². The van der Waals surface area contributed by atoms with Crippen molar-refractivity contribution in [1.29, 1.82) is 0 Å². The molecule has 2 atom stereocenters. The zero-order chi connectivity index (χ0) is 12.7. The normalized spacial score (nSPS) is 37.1. The van der Waals surface area contributed by atoms with Crippen LogP contribution in [-0.4, -0.2) is 18.9 Å². The van der Waals surface area contributed by atoms with Gasteiger partial charge < -0.3 is 4.74 Å². The monoisotopic (exact) mass is 236 g/mol. The molecule has 1 fully saturated rings. The Balaban J connectivity index is 2.48. The van der Waals surface area contributed by atoms with E-state index < -0.39 is 10.8 Å². The number of carbonyl (C=O) groups excluding carboxylic acids is 2. The van der Waals surface area contributed by atoms with Gasteiger partial charge in [-0.3, -0.25) is 9.59 Å². The van der Waals surface area contributed by atoms with Crippen molar-refractivity contribution in [3.05, 3.63) is 11.6 Å². The molecule has 0 amide bonds. The molecule has 0 heterocycles. The van der Waals surface area contributed by atoms with Crippen molar-refractivity contribution in [2.45, 2.75) is 46.0 Å². The van der Waals surface area contributed by atoms with Gasteiger partial charge in [0.15, 0.2) is 0 Å². The second-order valence-electron chi connectivity index (χ2n) is 5.59. The summed E-state index contributed by atoms with van der Waals surface area (Å²) in [7, 11) is 1.42. The summed E-state index contributed by atoms with van der Waals surface area (Å²) in [4.78, 5) is 24.2. The lowest BCUT2D eigenvalue weighted by Crippen LogP contribution is -2.47. The number of allylic oxidation sites excluding steroid dienone is 1. The zero-order valence-corrected chi connectivity index (χ0v) is 10.8. The van der Waals surface area contributed by atoms with E-state index in [0.717, 1.165) is 31.3 Å². The number of ether oxygens (including phenoxy) is 1. The molecule has 0 saturated heterocycles. The number of rotatable bonds is 1. The highest BCUT2D eigenvalue weighted by atomic mass is 16.5. The van der Waals surface area contributed by atoms with Crippen molar-refractivity contribution in [2.75, 3.05) is 7.11 Å². The average molecular weight is 236 g/mol. The summed E-state index contributed by atoms with van der Waals surface area (Å²) < 4.78 is 4.93. The van der Waals surface area contributed by atoms with Crippen LogP contribution in [0.4, 0.5) is 0 Å². The van der Waals surface area contributed by atoms with Crippen LogP contribution in [0.1, 0.15) is 46.0 Å². The molecule has 0 aromatic rings. The van der Waals surface area contributed by atoms with Gasteiger partial charge in [-0.15, -0.1) is 0 Å². The van der Waals surface area contributed by atoms with E-state index in [1.807, 2.05) is 13.8 Å². The van der Waals surface area contributed by atoms with E-state index in [1.54, 1.807) is 0 Å². The summed E-state index contributed by atoms with van der Waals surface area (Å²) in [6, 6.07) is 0. The maximum absolute atomic E-state index is 12.2. The molecule has 3 nitrogen and oxygen atoms in total. The molecule has 0 aromatic heterocycles. The van der Waals surface area contributed by atoms with Crippen LogP contribution in [0.5, 0.6) is 0 Å². The highest BCUT2D eigenvalue weighted by Crippen LogP contribution is 2.54. The molecular weight excluding hydrogens is 216 g/mol. The second kappa shape index (κ2) is 3.97. The van der Waals surface area contributed by atoms with Crippen LogP contribution in [0, 0.1) is 10.8 Å². The van der Waals surface area contributed by atoms with Crippen LogP contribution >= 0.6 is 0 Å². The Morgan fingerprint density at radius 3 is 2.71 bits per heavy atom. The predicted octanol–water partition coefficient (Wildman–Crippen LogP) is 2.65. The lowest BCUT2D eigenvalue weighted by atomic mass is 9.56. The van der Waals surface area contributed by atoms with E-state index in [2.05, 4.69) is 6.08 Å². The van der Waals surface area contributed by atoms with Crippen LogP contribution in [0.3, 0.4) is 0 Å². The minimum Gasteiger partial charge on any atom is -0.468 e. The highest BCUT2D eigenvalue weighted by molar-refractivity contribution is 5.93. The summed E-state index contributed by atoms with van der Waals surface area (Å²) >= 11 is 0. The topological polar surface area (TPSA) is 43.4 Å². The maximum atomic E-state index is 12.2. The molecule has 0 bridgehead atoms. The minimum absolute atomic E-state index is 0.204. The van der Waals surface area contributed by atoms with Crippen LogP contribution < -0.4 is 0 Å². The number of hydrogen-bond donors (Lipinski definition) is 0. The summed E-state index contributed by atoms with van der Waals surface area (Å²) in [6.07, 6.45) is 6.02. The van der Waals surface area contributed by atoms with Gasteiger partial charge in [0.25, 0.3) is 0 Å². The smallest absolute Gasteiger partial charge is 0.315 e. The predicted molar refractivity (Wildman–Crippen MR) is 64.4 cm³/mol. The number of fused-ring (bicyclic) bond motifs is 1. The molecule has 0 radical (unpaired) electrons. The fraction of sp³-hybridized carbons (Fsp3) is 0.714. The minimum atomic E-state index is -0.599. The SMILES string of the molecule is COC(=O)[C@]1(C)CCC[C@@]2(C)C(=O)CCC=C21. The molecule has 0 aromatic carbocycles. The molecule has 1 saturated carbocycles. The number of carbonyl (C=O) groups is 2. The summed E-state index contributed by atoms with van der Waals surface area (Å²) in [6.45, 7) is 3.90. The van der Waals surface area contributed by atoms with Gasteiger partial charge in [-0.05, 0) is 38.7 Å². The Morgan fingerprint density at radius 1 is 1.35 bits per heavy atom. The van der Waals surface area contributed by atoms with Crippen LogP contribution in [0.25, 0.3) is 0 Å². The Labute approximate surface area is 102 Å². The molecule has 0 N–H and O–H groups in total. The van der Waals surface area contributed by atoms with E-state index in [4.69, 9.17) is 4.74 Å². The number of ketones is 1. The van der Waals surface area contributed by atoms with E-state index in [1.165, 1.54) is 7.11 Å². The quantitative estimate of drug-likeness (QED) is 0.519. The Hall–Kier alpha value is -1.12. The largest absolute Gasteiger partial charge is 0.468 e. The molecule has 0 unspecified atom stereocenters. The molecule has 0 aliphatic heterocycles. The molecule has 94 valence electrons. The van der Waals surface area contributed by atoms with Crippen LogP contribution in [0.15, 0.2) is 11.6 Å². The first kappa shape index (κ1) is 12.3. The van der Waals surface area contributed by atoms with E-state index in [-0.39, 0.29) is 11.8 Å². The van der Waals surface area contributed by atoms with Crippen molar-refractivity contribution >= 4 is 11.8 Å². The number of Topliss-reactive ketones (excluding diaryl/α,β-unsaturated/α-hetero) is 1. The molecule has 17 heavy (non-hydrogen) atoms. The fourth-order valence-electron chi connectivity index (χ4n) is 3.47. The summed E-state index contributed by atoms with van der Waals surface area (Å²) in [5, 5.41) is 0. The third-order valence-corrected chi connectivity index (χ3v) is 4.51. The summed E-state index contributed by atoms with van der Waals surface area (Å²) in [5.74, 6) is 0.0780. The molecule has 2 aliphatic rings. The number of hydrogen-bond acceptors (Lipinski definition) is 3. The lowest BCUT2D eigenvalue weighted by molar-refractivity contribution is -0.152. The van der Waals surface area contributed by atoms with Crippen molar-refractivity contribution in [3.63, 3.8) is 0 Å². The number of esters is 1. The van der Waals surface area contributed by atoms with Gasteiger partial charge in [0.05, 0.1) is 12.5 Å². The van der Waals surface area contributed by atoms with Crippen molar-refractivity contribution in [2.24, 2.45) is 10.8 Å². The molecule has 0 spiro atoms. The maximum Gasteiger partial charge on any atom is 0.315 e. The molecule has 2 aliphatic carbocycles. The zero-order valence-electron chi connectivity index (χ0n) is 10.8. The molecule has 3 heteroatoms. The van der Waals surface area contributed by atoms with E-state index in [9.17, 15) is 9.59 Å². The van der Waals surface area contributed by atoms with Crippen molar-refractivity contribution in [1.82, 2.24) is 0 Å². The number of methoxy groups -OCH3 is 1. The Bertz CT molecular complexity index is 396. The van der Waals surface area contributed by atoms with Crippen molar-refractivity contribution in [3.8, 4) is 0 Å². The Kier molecular flexibility index (Phi) is 2.88. The van der Waals surface area contributed by atoms with Gasteiger partial charge in [0.2, 0.25) is 0 Å². The third-order valence-electron chi connectivity index (χ3n) is 4.51. The average Bonchev–Trinajstić information content (AvgIpc) is 2.30. The Morgan fingerprint density at radius 2 is 2.06 bits per heavy atom.